The second-order valence-corrected chi connectivity index (χ2v) is 10.9. The third kappa shape index (κ3) is 5.28. The number of hydrogen-bond donors (Lipinski definition) is 0. The Hall–Kier alpha value is -3.94. The van der Waals surface area contributed by atoms with Crippen LogP contribution in [0.25, 0.3) is 33.3 Å². The maximum absolute atomic E-state index is 13.8. The summed E-state index contributed by atoms with van der Waals surface area (Å²) in [6.07, 6.45) is 4.45. The fourth-order valence-electron chi connectivity index (χ4n) is 4.34. The molecule has 6 nitrogen and oxygen atoms in total. The van der Waals surface area contributed by atoms with E-state index < -0.39 is 10.0 Å². The van der Waals surface area contributed by atoms with Gasteiger partial charge >= 0.3 is 0 Å². The van der Waals surface area contributed by atoms with Gasteiger partial charge in [0.2, 0.25) is 0 Å². The van der Waals surface area contributed by atoms with Gasteiger partial charge in [-0.15, -0.1) is 0 Å². The lowest BCUT2D eigenvalue weighted by Crippen LogP contribution is -2.15. The highest BCUT2D eigenvalue weighted by atomic mass is 32.2. The zero-order valence-corrected chi connectivity index (χ0v) is 21.7. The van der Waals surface area contributed by atoms with E-state index in [-0.39, 0.29) is 4.90 Å². The summed E-state index contributed by atoms with van der Waals surface area (Å²) in [6, 6.07) is 27.8. The van der Waals surface area contributed by atoms with Crippen molar-refractivity contribution in [3.63, 3.8) is 0 Å². The first kappa shape index (κ1) is 24.7. The van der Waals surface area contributed by atoms with Crippen molar-refractivity contribution < 1.29 is 13.2 Å². The summed E-state index contributed by atoms with van der Waals surface area (Å²) in [7, 11) is 0.267. The summed E-state index contributed by atoms with van der Waals surface area (Å²) in [4.78, 5) is 6.83. The van der Waals surface area contributed by atoms with Crippen LogP contribution in [0.3, 0.4) is 0 Å². The number of ether oxygens (including phenoxy) is 1. The normalized spacial score (nSPS) is 11.8. The molecule has 2 heterocycles. The van der Waals surface area contributed by atoms with E-state index in [1.807, 2.05) is 74.8 Å². The first-order valence-corrected chi connectivity index (χ1v) is 13.6. The summed E-state index contributed by atoms with van der Waals surface area (Å²) in [5.74, 6) is 0.820. The average molecular weight is 512 g/mol. The lowest BCUT2D eigenvalue weighted by atomic mass is 10.0. The molecule has 0 spiro atoms. The van der Waals surface area contributed by atoms with Crippen LogP contribution in [0.4, 0.5) is 0 Å². The molecule has 5 rings (SSSR count). The van der Waals surface area contributed by atoms with Crippen LogP contribution in [0.5, 0.6) is 5.75 Å². The summed E-state index contributed by atoms with van der Waals surface area (Å²) in [5, 5.41) is 0.846. The van der Waals surface area contributed by atoms with Crippen LogP contribution in [0.15, 0.2) is 108 Å². The molecule has 3 aromatic carbocycles. The standard InChI is InChI=1S/C30H29N3O3S/c1-32(2)17-8-18-36-27-15-13-23(14-16-27)25-19-26(22-31-21-25)30-20-24-9-6-7-12-29(24)33(30)37(34,35)28-10-4-3-5-11-28/h3-7,9-16,19-22H,8,17-18H2,1-2H3. The van der Waals surface area contributed by atoms with Crippen molar-refractivity contribution >= 4 is 20.9 Å². The van der Waals surface area contributed by atoms with Crippen LogP contribution >= 0.6 is 0 Å². The Balaban J connectivity index is 1.50. The Kier molecular flexibility index (Phi) is 7.08. The smallest absolute Gasteiger partial charge is 0.268 e. The quantitative estimate of drug-likeness (QED) is 0.229. The van der Waals surface area contributed by atoms with Gasteiger partial charge in [-0.2, -0.15) is 0 Å². The van der Waals surface area contributed by atoms with Crippen molar-refractivity contribution in [2.75, 3.05) is 27.2 Å². The molecule has 0 aliphatic heterocycles. The monoisotopic (exact) mass is 511 g/mol. The molecule has 0 atom stereocenters. The molecule has 0 bridgehead atoms. The van der Waals surface area contributed by atoms with Gasteiger partial charge in [0.25, 0.3) is 10.0 Å². The van der Waals surface area contributed by atoms with Gasteiger partial charge in [0, 0.05) is 35.5 Å². The van der Waals surface area contributed by atoms with Crippen LogP contribution in [-0.2, 0) is 10.0 Å². The highest BCUT2D eigenvalue weighted by molar-refractivity contribution is 7.90. The lowest BCUT2D eigenvalue weighted by molar-refractivity contribution is 0.281. The number of fused-ring (bicyclic) bond motifs is 1. The number of benzene rings is 3. The predicted octanol–water partition coefficient (Wildman–Crippen LogP) is 5.94. The van der Waals surface area contributed by atoms with E-state index in [0.29, 0.717) is 17.8 Å². The minimum atomic E-state index is -3.83. The minimum Gasteiger partial charge on any atom is -0.494 e. The molecule has 2 aromatic heterocycles. The van der Waals surface area contributed by atoms with Crippen molar-refractivity contribution in [2.45, 2.75) is 11.3 Å². The first-order valence-electron chi connectivity index (χ1n) is 12.2. The summed E-state index contributed by atoms with van der Waals surface area (Å²) in [5.41, 5.74) is 3.79. The maximum Gasteiger partial charge on any atom is 0.268 e. The van der Waals surface area contributed by atoms with Gasteiger partial charge in [0.05, 0.1) is 22.7 Å². The van der Waals surface area contributed by atoms with E-state index in [1.165, 1.54) is 3.97 Å². The molecule has 0 aliphatic carbocycles. The van der Waals surface area contributed by atoms with Crippen molar-refractivity contribution in [2.24, 2.45) is 0 Å². The molecule has 37 heavy (non-hydrogen) atoms. The van der Waals surface area contributed by atoms with E-state index in [2.05, 4.69) is 9.88 Å². The van der Waals surface area contributed by atoms with Crippen molar-refractivity contribution in [3.8, 4) is 28.1 Å². The number of hydrogen-bond acceptors (Lipinski definition) is 5. The molecule has 0 fully saturated rings. The highest BCUT2D eigenvalue weighted by Crippen LogP contribution is 2.34. The fraction of sp³-hybridized carbons (Fsp3) is 0.167. The molecule has 7 heteroatoms. The molecule has 0 saturated heterocycles. The molecule has 0 aliphatic rings. The number of rotatable bonds is 9. The predicted molar refractivity (Wildman–Crippen MR) is 148 cm³/mol. The second-order valence-electron chi connectivity index (χ2n) is 9.16. The fourth-order valence-corrected chi connectivity index (χ4v) is 5.89. The average Bonchev–Trinajstić information content (AvgIpc) is 3.33. The van der Waals surface area contributed by atoms with Crippen LogP contribution in [0.1, 0.15) is 6.42 Å². The molecule has 0 radical (unpaired) electrons. The molecule has 188 valence electrons. The number of para-hydroxylation sites is 1. The third-order valence-corrected chi connectivity index (χ3v) is 7.93. The van der Waals surface area contributed by atoms with Crippen molar-refractivity contribution in [1.29, 1.82) is 0 Å². The van der Waals surface area contributed by atoms with Gasteiger partial charge < -0.3 is 9.64 Å². The van der Waals surface area contributed by atoms with Gasteiger partial charge in [-0.05, 0) is 68.5 Å². The van der Waals surface area contributed by atoms with Gasteiger partial charge in [0.1, 0.15) is 5.75 Å². The van der Waals surface area contributed by atoms with E-state index >= 15 is 0 Å². The van der Waals surface area contributed by atoms with Gasteiger partial charge in [0.15, 0.2) is 0 Å². The summed E-state index contributed by atoms with van der Waals surface area (Å²) < 4.78 is 34.8. The number of nitrogens with zero attached hydrogens (tertiary/aromatic N) is 3. The Bertz CT molecular complexity index is 1610. The molecular weight excluding hydrogens is 482 g/mol. The molecule has 0 N–H and O–H groups in total. The SMILES string of the molecule is CN(C)CCCOc1ccc(-c2cncc(-c3cc4ccccc4n3S(=O)(=O)c3ccccc3)c2)cc1. The van der Waals surface area contributed by atoms with E-state index in [4.69, 9.17) is 4.74 Å². The largest absolute Gasteiger partial charge is 0.494 e. The van der Waals surface area contributed by atoms with Gasteiger partial charge in [-0.1, -0.05) is 48.5 Å². The zero-order chi connectivity index (χ0) is 25.8. The molecule has 5 aromatic rings. The van der Waals surface area contributed by atoms with Crippen LogP contribution in [0, 0.1) is 0 Å². The van der Waals surface area contributed by atoms with Crippen molar-refractivity contribution in [3.05, 3.63) is 103 Å². The van der Waals surface area contributed by atoms with E-state index in [9.17, 15) is 8.42 Å². The topological polar surface area (TPSA) is 64.4 Å². The van der Waals surface area contributed by atoms with Crippen LogP contribution in [-0.4, -0.2) is 49.5 Å². The molecule has 0 unspecified atom stereocenters. The Morgan fingerprint density at radius 3 is 2.27 bits per heavy atom. The minimum absolute atomic E-state index is 0.239. The van der Waals surface area contributed by atoms with E-state index in [1.54, 1.807) is 42.7 Å². The Labute approximate surface area is 217 Å². The van der Waals surface area contributed by atoms with Crippen molar-refractivity contribution in [1.82, 2.24) is 13.9 Å². The summed E-state index contributed by atoms with van der Waals surface area (Å²) in [6.45, 7) is 1.64. The van der Waals surface area contributed by atoms with Crippen LogP contribution in [0.2, 0.25) is 0 Å². The lowest BCUT2D eigenvalue weighted by Gasteiger charge is -2.13. The van der Waals surface area contributed by atoms with Gasteiger partial charge in [-0.25, -0.2) is 12.4 Å². The third-order valence-electron chi connectivity index (χ3n) is 6.19. The number of aromatic nitrogens is 2. The maximum atomic E-state index is 13.8. The van der Waals surface area contributed by atoms with E-state index in [0.717, 1.165) is 40.8 Å². The second kappa shape index (κ2) is 10.6. The summed E-state index contributed by atoms with van der Waals surface area (Å²) >= 11 is 0. The number of pyridine rings is 1. The first-order chi connectivity index (χ1) is 17.9. The molecule has 0 amide bonds. The Morgan fingerprint density at radius 1 is 0.811 bits per heavy atom. The van der Waals surface area contributed by atoms with Gasteiger partial charge in [-0.3, -0.25) is 4.98 Å². The Morgan fingerprint density at radius 2 is 1.51 bits per heavy atom. The van der Waals surface area contributed by atoms with Crippen LogP contribution < -0.4 is 4.74 Å². The molecular formula is C30H29N3O3S. The highest BCUT2D eigenvalue weighted by Gasteiger charge is 2.24. The zero-order valence-electron chi connectivity index (χ0n) is 20.9. The molecule has 0 saturated carbocycles.